The molecule has 30 heavy (non-hydrogen) atoms. The van der Waals surface area contributed by atoms with Crippen LogP contribution >= 0.6 is 11.8 Å². The van der Waals surface area contributed by atoms with Gasteiger partial charge in [0, 0.05) is 37.1 Å². The summed E-state index contributed by atoms with van der Waals surface area (Å²) in [5.74, 6) is 2.18. The molecule has 1 N–H and O–H groups in total. The minimum absolute atomic E-state index is 0.00782. The molecule has 2 bridgehead atoms. The largest absolute Gasteiger partial charge is 0.361 e. The number of aliphatic imine (C=N–C) groups is 1. The molecule has 0 aromatic carbocycles. The Morgan fingerprint density at radius 1 is 1.20 bits per heavy atom. The molecule has 2 unspecified atom stereocenters. The molecule has 4 atom stereocenters. The fraction of sp³-hybridized carbons (Fsp3) is 0.652. The number of carbonyl (C=O) groups is 2. The number of thioether (sulfide) groups is 1. The van der Waals surface area contributed by atoms with Crippen LogP contribution < -0.4 is 5.32 Å². The van der Waals surface area contributed by atoms with Crippen LogP contribution in [0, 0.1) is 17.8 Å². The lowest BCUT2D eigenvalue weighted by Gasteiger charge is -2.35. The van der Waals surface area contributed by atoms with Gasteiger partial charge >= 0.3 is 0 Å². The Hall–Kier alpha value is -1.89. The van der Waals surface area contributed by atoms with Crippen molar-refractivity contribution in [3.05, 3.63) is 30.1 Å². The predicted molar refractivity (Wildman–Crippen MR) is 118 cm³/mol. The fourth-order valence-electron chi connectivity index (χ4n) is 5.83. The van der Waals surface area contributed by atoms with Crippen LogP contribution in [0.1, 0.15) is 62.2 Å². The zero-order valence-electron chi connectivity index (χ0n) is 17.5. The number of amidine groups is 1. The van der Waals surface area contributed by atoms with Crippen molar-refractivity contribution in [2.45, 2.75) is 62.7 Å². The van der Waals surface area contributed by atoms with E-state index in [1.54, 1.807) is 36.3 Å². The van der Waals surface area contributed by atoms with Gasteiger partial charge < -0.3 is 10.2 Å². The van der Waals surface area contributed by atoms with E-state index in [9.17, 15) is 9.59 Å². The molecule has 2 saturated carbocycles. The molecule has 6 nitrogen and oxygen atoms in total. The summed E-state index contributed by atoms with van der Waals surface area (Å²) in [4.78, 5) is 35.7. The lowest BCUT2D eigenvalue weighted by atomic mass is 9.87. The van der Waals surface area contributed by atoms with Crippen LogP contribution in [0.25, 0.3) is 0 Å². The first-order chi connectivity index (χ1) is 14.5. The first-order valence-corrected chi connectivity index (χ1v) is 12.1. The quantitative estimate of drug-likeness (QED) is 0.798. The third kappa shape index (κ3) is 3.88. The van der Waals surface area contributed by atoms with Crippen LogP contribution in [0.2, 0.25) is 0 Å². The number of rotatable bonds is 4. The minimum Gasteiger partial charge on any atom is -0.361 e. The fourth-order valence-corrected chi connectivity index (χ4v) is 7.05. The van der Waals surface area contributed by atoms with Gasteiger partial charge in [0.2, 0.25) is 0 Å². The van der Waals surface area contributed by atoms with E-state index in [0.717, 1.165) is 49.4 Å². The second kappa shape index (κ2) is 7.98. The van der Waals surface area contributed by atoms with Gasteiger partial charge in [-0.15, -0.1) is 0 Å². The Labute approximate surface area is 182 Å². The number of carbonyl (C=O) groups excluding carboxylic acids is 2. The van der Waals surface area contributed by atoms with Crippen molar-refractivity contribution < 1.29 is 9.59 Å². The minimum atomic E-state index is -0.470. The van der Waals surface area contributed by atoms with Crippen molar-refractivity contribution in [1.82, 2.24) is 15.2 Å². The highest BCUT2D eigenvalue weighted by molar-refractivity contribution is 8.16. The molecule has 2 amide bonds. The third-order valence-electron chi connectivity index (χ3n) is 7.53. The van der Waals surface area contributed by atoms with E-state index in [1.165, 1.54) is 25.7 Å². The molecule has 3 fully saturated rings. The number of likely N-dealkylation sites (tertiary alicyclic amines) is 1. The van der Waals surface area contributed by atoms with Crippen LogP contribution in [0.15, 0.2) is 29.5 Å². The van der Waals surface area contributed by atoms with Gasteiger partial charge in [0.1, 0.15) is 4.75 Å². The van der Waals surface area contributed by atoms with Gasteiger partial charge in [-0.1, -0.05) is 18.2 Å². The van der Waals surface area contributed by atoms with Gasteiger partial charge in [0.25, 0.3) is 11.8 Å². The van der Waals surface area contributed by atoms with Crippen molar-refractivity contribution in [3.63, 3.8) is 0 Å². The van der Waals surface area contributed by atoms with Crippen LogP contribution in [0.5, 0.6) is 0 Å². The second-order valence-electron chi connectivity index (χ2n) is 9.66. The number of hydrogen-bond acceptors (Lipinski definition) is 5. The zero-order chi connectivity index (χ0) is 20.7. The van der Waals surface area contributed by atoms with Gasteiger partial charge in [0.15, 0.2) is 5.17 Å². The number of pyridine rings is 1. The normalized spacial score (nSPS) is 33.8. The molecule has 2 aliphatic carbocycles. The Bertz CT molecular complexity index is 852. The van der Waals surface area contributed by atoms with Gasteiger partial charge in [0.05, 0.1) is 0 Å². The lowest BCUT2D eigenvalue weighted by molar-refractivity contribution is -0.119. The summed E-state index contributed by atoms with van der Waals surface area (Å²) in [6, 6.07) is 4.05. The number of hydrogen-bond donors (Lipinski definition) is 1. The predicted octanol–water partition coefficient (Wildman–Crippen LogP) is 3.49. The highest BCUT2D eigenvalue weighted by Gasteiger charge is 2.46. The average Bonchev–Trinajstić information content (AvgIpc) is 3.44. The van der Waals surface area contributed by atoms with Gasteiger partial charge in [-0.2, -0.15) is 4.99 Å². The topological polar surface area (TPSA) is 74.7 Å². The molecule has 4 aliphatic rings. The number of nitrogens with zero attached hydrogens (tertiary/aromatic N) is 3. The maximum atomic E-state index is 12.8. The van der Waals surface area contributed by atoms with Crippen molar-refractivity contribution in [3.8, 4) is 0 Å². The van der Waals surface area contributed by atoms with E-state index in [1.807, 2.05) is 11.8 Å². The maximum absolute atomic E-state index is 12.8. The first kappa shape index (κ1) is 20.0. The summed E-state index contributed by atoms with van der Waals surface area (Å²) in [6.45, 7) is 3.54. The Kier molecular flexibility index (Phi) is 5.33. The van der Waals surface area contributed by atoms with Crippen molar-refractivity contribution >= 4 is 28.7 Å². The lowest BCUT2D eigenvalue weighted by Crippen LogP contribution is -2.41. The van der Waals surface area contributed by atoms with Gasteiger partial charge in [-0.05, 0) is 75.3 Å². The first-order valence-electron chi connectivity index (χ1n) is 11.3. The Balaban J connectivity index is 1.13. The van der Waals surface area contributed by atoms with E-state index in [0.29, 0.717) is 17.5 Å². The molecule has 160 valence electrons. The summed E-state index contributed by atoms with van der Waals surface area (Å²) in [5, 5.41) is 4.44. The number of aromatic nitrogens is 1. The van der Waals surface area contributed by atoms with Crippen LogP contribution in [0.3, 0.4) is 0 Å². The molecular weight excluding hydrogens is 396 g/mol. The van der Waals surface area contributed by atoms with Crippen molar-refractivity contribution in [2.75, 3.05) is 13.1 Å². The van der Waals surface area contributed by atoms with Crippen molar-refractivity contribution in [1.29, 1.82) is 0 Å². The summed E-state index contributed by atoms with van der Waals surface area (Å²) >= 11 is 1.63. The van der Waals surface area contributed by atoms with Gasteiger partial charge in [-0.25, -0.2) is 0 Å². The molecule has 1 aromatic rings. The van der Waals surface area contributed by atoms with E-state index in [4.69, 9.17) is 0 Å². The summed E-state index contributed by atoms with van der Waals surface area (Å²) < 4.78 is -0.470. The summed E-state index contributed by atoms with van der Waals surface area (Å²) in [5.41, 5.74) is 0.696. The number of nitrogens with one attached hydrogen (secondary N) is 1. The molecule has 7 heteroatoms. The zero-order valence-corrected chi connectivity index (χ0v) is 18.4. The monoisotopic (exact) mass is 426 g/mol. The highest BCUT2D eigenvalue weighted by Crippen LogP contribution is 2.46. The number of piperidine rings is 1. The van der Waals surface area contributed by atoms with Gasteiger partial charge in [-0.3, -0.25) is 14.6 Å². The van der Waals surface area contributed by atoms with E-state index in [-0.39, 0.29) is 11.8 Å². The van der Waals surface area contributed by atoms with Crippen LogP contribution in [-0.2, 0) is 4.79 Å². The summed E-state index contributed by atoms with van der Waals surface area (Å²) in [6.07, 6.45) is 11.3. The average molecular weight is 427 g/mol. The number of amides is 2. The molecule has 0 spiro atoms. The van der Waals surface area contributed by atoms with E-state index >= 15 is 0 Å². The molecule has 5 rings (SSSR count). The van der Waals surface area contributed by atoms with Crippen LogP contribution in [-0.4, -0.2) is 50.7 Å². The van der Waals surface area contributed by atoms with Crippen molar-refractivity contribution in [2.24, 2.45) is 22.7 Å². The smallest absolute Gasteiger partial charge is 0.264 e. The molecule has 3 heterocycles. The SMILES string of the molecule is CC1(CC2CCN(C(=O)c3ccncc3)CC2)SC(N[C@H]2C[C@@H]3CCC2C3)=NC1=O. The van der Waals surface area contributed by atoms with E-state index in [2.05, 4.69) is 15.3 Å². The Morgan fingerprint density at radius 2 is 1.97 bits per heavy atom. The molecular formula is C23H30N4O2S. The Morgan fingerprint density at radius 3 is 2.63 bits per heavy atom. The maximum Gasteiger partial charge on any atom is 0.264 e. The van der Waals surface area contributed by atoms with E-state index < -0.39 is 4.75 Å². The standard InChI is InChI=1S/C23H30N4O2S/c1-23(21(29)26-22(30-23)25-19-13-16-2-3-18(19)12-16)14-15-6-10-27(11-7-15)20(28)17-4-8-24-9-5-17/h4-5,8-9,15-16,18-19H,2-3,6-7,10-14H2,1H3,(H,25,26,29)/t16-,18?,19+,23?/m1/s1. The molecule has 2 aliphatic heterocycles. The summed E-state index contributed by atoms with van der Waals surface area (Å²) in [7, 11) is 0. The highest BCUT2D eigenvalue weighted by atomic mass is 32.2. The molecule has 1 aromatic heterocycles. The third-order valence-corrected chi connectivity index (χ3v) is 8.73. The second-order valence-corrected chi connectivity index (χ2v) is 11.1. The number of fused-ring (bicyclic) bond motifs is 2. The molecule has 0 radical (unpaired) electrons. The van der Waals surface area contributed by atoms with Crippen LogP contribution in [0.4, 0.5) is 0 Å². The molecule has 1 saturated heterocycles.